The molecular weight excluding hydrogens is 373 g/mol. The summed E-state index contributed by atoms with van der Waals surface area (Å²) in [6.07, 6.45) is 0.444. The highest BCUT2D eigenvalue weighted by molar-refractivity contribution is 7.80. The maximum Gasteiger partial charge on any atom is 0.217 e. The highest BCUT2D eigenvalue weighted by Crippen LogP contribution is 2.31. The van der Waals surface area contributed by atoms with E-state index in [4.69, 9.17) is 0 Å². The predicted octanol–water partition coefficient (Wildman–Crippen LogP) is 5.00. The second-order valence-corrected chi connectivity index (χ2v) is 6.69. The molecule has 5 heteroatoms. The van der Waals surface area contributed by atoms with Crippen LogP contribution in [0.2, 0.25) is 0 Å². The van der Waals surface area contributed by atoms with E-state index in [0.717, 1.165) is 22.3 Å². The molecule has 0 atom stereocenters. The molecule has 0 fully saturated rings. The van der Waals surface area contributed by atoms with Crippen LogP contribution in [0.25, 0.3) is 22.3 Å². The smallest absolute Gasteiger partial charge is 0.217 e. The molecule has 0 heterocycles. The Morgan fingerprint density at radius 2 is 1.57 bits per heavy atom. The summed E-state index contributed by atoms with van der Waals surface area (Å²) in [5.41, 5.74) is 8.33. The molecule has 1 amide bonds. The second-order valence-electron chi connectivity index (χ2n) is 6.21. The minimum atomic E-state index is -0.272. The summed E-state index contributed by atoms with van der Waals surface area (Å²) in [5, 5.41) is 0. The van der Waals surface area contributed by atoms with E-state index in [1.165, 1.54) is 12.1 Å². The number of nitrogens with two attached hydrogens (primary N) is 1. The van der Waals surface area contributed by atoms with Gasteiger partial charge in [-0.05, 0) is 47.4 Å². The molecule has 0 saturated carbocycles. The van der Waals surface area contributed by atoms with Crippen molar-refractivity contribution in [2.75, 3.05) is 0 Å². The van der Waals surface area contributed by atoms with Gasteiger partial charge in [0.15, 0.2) is 5.43 Å². The fourth-order valence-corrected chi connectivity index (χ4v) is 2.78. The maximum absolute atomic E-state index is 14.7. The van der Waals surface area contributed by atoms with E-state index in [2.05, 4.69) is 18.4 Å². The molecule has 3 rings (SSSR count). The molecule has 3 aromatic carbocycles. The van der Waals surface area contributed by atoms with Crippen LogP contribution < -0.4 is 11.2 Å². The van der Waals surface area contributed by atoms with Crippen LogP contribution in [0.4, 0.5) is 4.39 Å². The summed E-state index contributed by atoms with van der Waals surface area (Å²) >= 11 is 4.12. The fraction of sp³-hybridized carbons (Fsp3) is 0.130. The Kier molecular flexibility index (Phi) is 7.52. The fourth-order valence-electron chi connectivity index (χ4n) is 2.63. The topological polar surface area (TPSA) is 60.2 Å². The van der Waals surface area contributed by atoms with Gasteiger partial charge >= 0.3 is 0 Å². The lowest BCUT2D eigenvalue weighted by Gasteiger charge is -2.10. The van der Waals surface area contributed by atoms with E-state index in [1.54, 1.807) is 25.1 Å². The van der Waals surface area contributed by atoms with Crippen molar-refractivity contribution in [3.05, 3.63) is 88.3 Å². The Labute approximate surface area is 169 Å². The monoisotopic (exact) mass is 395 g/mol. The molecule has 28 heavy (non-hydrogen) atoms. The Balaban J connectivity index is 0.000000500. The zero-order valence-corrected chi connectivity index (χ0v) is 16.7. The first kappa shape index (κ1) is 21.4. The second kappa shape index (κ2) is 9.85. The number of rotatable bonds is 3. The predicted molar refractivity (Wildman–Crippen MR) is 115 cm³/mol. The number of primary amides is 1. The quantitative estimate of drug-likeness (QED) is 0.613. The summed E-state index contributed by atoms with van der Waals surface area (Å²) in [6, 6.07) is 19.5. The van der Waals surface area contributed by atoms with Crippen LogP contribution in [0, 0.1) is 12.7 Å². The van der Waals surface area contributed by atoms with Crippen LogP contribution in [0.5, 0.6) is 0 Å². The number of hydrogen-bond acceptors (Lipinski definition) is 3. The van der Waals surface area contributed by atoms with Gasteiger partial charge in [0.05, 0.1) is 4.90 Å². The van der Waals surface area contributed by atoms with Crippen LogP contribution in [-0.4, -0.2) is 5.91 Å². The Hall–Kier alpha value is -2.92. The molecular formula is C23H22FNO2S. The van der Waals surface area contributed by atoms with E-state index in [9.17, 15) is 14.0 Å². The molecule has 0 aliphatic carbocycles. The number of halogens is 1. The minimum Gasteiger partial charge on any atom is -0.370 e. The van der Waals surface area contributed by atoms with Crippen molar-refractivity contribution in [3.63, 3.8) is 0 Å². The van der Waals surface area contributed by atoms with Gasteiger partial charge in [-0.1, -0.05) is 55.5 Å². The molecule has 0 aliphatic rings. The first-order valence-electron chi connectivity index (χ1n) is 8.81. The Morgan fingerprint density at radius 1 is 0.964 bits per heavy atom. The van der Waals surface area contributed by atoms with Crippen molar-refractivity contribution in [2.24, 2.45) is 5.73 Å². The van der Waals surface area contributed by atoms with Crippen LogP contribution in [0.15, 0.2) is 76.4 Å². The molecule has 2 N–H and O–H groups in total. The van der Waals surface area contributed by atoms with Crippen LogP contribution in [-0.2, 0) is 4.79 Å². The summed E-state index contributed by atoms with van der Waals surface area (Å²) in [5.74, 6) is -0.517. The van der Waals surface area contributed by atoms with Crippen molar-refractivity contribution in [1.29, 1.82) is 0 Å². The van der Waals surface area contributed by atoms with E-state index in [-0.39, 0.29) is 17.2 Å². The van der Waals surface area contributed by atoms with E-state index >= 15 is 0 Å². The zero-order valence-electron chi connectivity index (χ0n) is 15.8. The third kappa shape index (κ3) is 5.54. The molecule has 3 aromatic rings. The summed E-state index contributed by atoms with van der Waals surface area (Å²) in [7, 11) is 0. The van der Waals surface area contributed by atoms with Crippen molar-refractivity contribution in [2.45, 2.75) is 25.2 Å². The van der Waals surface area contributed by atoms with Gasteiger partial charge in [-0.2, -0.15) is 0 Å². The van der Waals surface area contributed by atoms with Gasteiger partial charge in [0.2, 0.25) is 5.91 Å². The van der Waals surface area contributed by atoms with Crippen molar-refractivity contribution < 1.29 is 9.18 Å². The summed E-state index contributed by atoms with van der Waals surface area (Å²) in [6.45, 7) is 3.61. The number of carbonyl (C=O) groups is 1. The van der Waals surface area contributed by atoms with Crippen LogP contribution in [0.3, 0.4) is 0 Å². The van der Waals surface area contributed by atoms with Crippen LogP contribution in [0.1, 0.15) is 18.9 Å². The summed E-state index contributed by atoms with van der Waals surface area (Å²) in [4.78, 5) is 21.6. The molecule has 3 nitrogen and oxygen atoms in total. The first-order valence-corrected chi connectivity index (χ1v) is 9.25. The number of amides is 1. The number of aryl methyl sites for hydroxylation is 1. The molecule has 0 aliphatic heterocycles. The van der Waals surface area contributed by atoms with E-state index < -0.39 is 0 Å². The third-order valence-electron chi connectivity index (χ3n) is 4.12. The Morgan fingerprint density at radius 3 is 2.14 bits per heavy atom. The van der Waals surface area contributed by atoms with Gasteiger partial charge in [-0.15, -0.1) is 12.6 Å². The van der Waals surface area contributed by atoms with E-state index in [0.29, 0.717) is 16.9 Å². The number of hydrogen-bond donors (Lipinski definition) is 2. The highest BCUT2D eigenvalue weighted by Gasteiger charge is 2.11. The number of thiol groups is 1. The lowest BCUT2D eigenvalue weighted by atomic mass is 9.95. The zero-order chi connectivity index (χ0) is 20.7. The van der Waals surface area contributed by atoms with Gasteiger partial charge in [0, 0.05) is 12.0 Å². The molecule has 0 spiro atoms. The van der Waals surface area contributed by atoms with Crippen molar-refractivity contribution in [3.8, 4) is 22.3 Å². The van der Waals surface area contributed by atoms with Gasteiger partial charge in [-0.3, -0.25) is 9.59 Å². The SMILES string of the molecule is CCC(N)=O.Cc1cc(-c2ccc(S)c(=O)cc2)cc(F)c1-c1ccccc1. The first-order chi connectivity index (χ1) is 13.3. The van der Waals surface area contributed by atoms with Gasteiger partial charge in [0.1, 0.15) is 5.82 Å². The highest BCUT2D eigenvalue weighted by atomic mass is 32.1. The average Bonchev–Trinajstić information content (AvgIpc) is 2.84. The van der Waals surface area contributed by atoms with E-state index in [1.807, 2.05) is 43.3 Å². The number of carbonyl (C=O) groups excluding carboxylic acids is 1. The third-order valence-corrected chi connectivity index (χ3v) is 4.49. The molecule has 0 aromatic heterocycles. The van der Waals surface area contributed by atoms with Crippen molar-refractivity contribution >= 4 is 18.5 Å². The van der Waals surface area contributed by atoms with Gasteiger partial charge in [0.25, 0.3) is 0 Å². The largest absolute Gasteiger partial charge is 0.370 e. The molecule has 0 saturated heterocycles. The minimum absolute atomic E-state index is 0.155. The van der Waals surface area contributed by atoms with Crippen LogP contribution >= 0.6 is 12.6 Å². The normalized spacial score (nSPS) is 10.0. The molecule has 0 unspecified atom stereocenters. The average molecular weight is 395 g/mol. The lowest BCUT2D eigenvalue weighted by molar-refractivity contribution is -0.117. The summed E-state index contributed by atoms with van der Waals surface area (Å²) < 4.78 is 14.7. The van der Waals surface area contributed by atoms with Crippen molar-refractivity contribution in [1.82, 2.24) is 0 Å². The Bertz CT molecular complexity index is 1010. The molecule has 0 radical (unpaired) electrons. The standard InChI is InChI=1S/C20H15FOS.C3H7NO/c1-13-11-16(14-7-9-18(22)19(23)10-8-14)12-17(21)20(13)15-5-3-2-4-6-15;1-2-3(4)5/h2-12H,1H3,(H,22,23);2H2,1H3,(H2,4,5). The number of benzene rings is 2. The molecule has 0 bridgehead atoms. The lowest BCUT2D eigenvalue weighted by Crippen LogP contribution is -2.06. The van der Waals surface area contributed by atoms with Gasteiger partial charge < -0.3 is 5.73 Å². The van der Waals surface area contributed by atoms with Gasteiger partial charge in [-0.25, -0.2) is 4.39 Å². The molecule has 144 valence electrons. The maximum atomic E-state index is 14.7.